The van der Waals surface area contributed by atoms with Crippen molar-refractivity contribution >= 4 is 17.2 Å². The minimum Gasteiger partial charge on any atom is -0.495 e. The third-order valence-electron chi connectivity index (χ3n) is 5.62. The van der Waals surface area contributed by atoms with Crippen LogP contribution in [0.3, 0.4) is 0 Å². The van der Waals surface area contributed by atoms with Crippen LogP contribution in [0.4, 0.5) is 11.6 Å². The van der Waals surface area contributed by atoms with Crippen LogP contribution >= 0.6 is 0 Å². The van der Waals surface area contributed by atoms with Crippen molar-refractivity contribution in [2.75, 3.05) is 12.4 Å². The molecule has 0 bridgehead atoms. The van der Waals surface area contributed by atoms with Gasteiger partial charge in [0.2, 0.25) is 5.95 Å². The predicted molar refractivity (Wildman–Crippen MR) is 110 cm³/mol. The number of aromatic nitrogens is 6. The van der Waals surface area contributed by atoms with Crippen LogP contribution in [0.25, 0.3) is 16.9 Å². The van der Waals surface area contributed by atoms with Crippen LogP contribution in [-0.2, 0) is 7.05 Å². The van der Waals surface area contributed by atoms with Crippen molar-refractivity contribution in [3.63, 3.8) is 0 Å². The van der Waals surface area contributed by atoms with Crippen molar-refractivity contribution in [1.82, 2.24) is 29.4 Å². The van der Waals surface area contributed by atoms with Crippen molar-refractivity contribution < 1.29 is 4.74 Å². The van der Waals surface area contributed by atoms with Crippen LogP contribution in [-0.4, -0.2) is 36.5 Å². The molecule has 1 aliphatic carbocycles. The first-order chi connectivity index (χ1) is 14.2. The maximum absolute atomic E-state index is 5.59. The van der Waals surface area contributed by atoms with E-state index in [0.717, 1.165) is 22.6 Å². The van der Waals surface area contributed by atoms with E-state index >= 15 is 0 Å². The van der Waals surface area contributed by atoms with Gasteiger partial charge in [0.25, 0.3) is 0 Å². The number of benzene rings is 1. The molecule has 1 aliphatic rings. The number of ether oxygens (including phenoxy) is 1. The van der Waals surface area contributed by atoms with E-state index in [9.17, 15) is 0 Å². The summed E-state index contributed by atoms with van der Waals surface area (Å²) < 4.78 is 9.48. The molecule has 1 saturated carbocycles. The van der Waals surface area contributed by atoms with Crippen LogP contribution in [0.15, 0.2) is 42.9 Å². The predicted octanol–water partition coefficient (Wildman–Crippen LogP) is 3.93. The SMILES string of the molecule is COc1cc(-c2nncn2C)ccc1Nc1ncc2ccc(C3CCCC3)n2n1. The molecule has 3 heterocycles. The molecule has 1 aromatic carbocycles. The number of aryl methyl sites for hydroxylation is 1. The second-order valence-corrected chi connectivity index (χ2v) is 7.46. The van der Waals surface area contributed by atoms with Gasteiger partial charge in [0.15, 0.2) is 5.82 Å². The number of methoxy groups -OCH3 is 1. The number of nitrogens with zero attached hydrogens (tertiary/aromatic N) is 6. The molecule has 29 heavy (non-hydrogen) atoms. The van der Waals surface area contributed by atoms with E-state index in [1.165, 1.54) is 31.4 Å². The minimum absolute atomic E-state index is 0.539. The third kappa shape index (κ3) is 3.20. The molecule has 0 spiro atoms. The Morgan fingerprint density at radius 3 is 2.76 bits per heavy atom. The summed E-state index contributed by atoms with van der Waals surface area (Å²) in [6.45, 7) is 0. The van der Waals surface area contributed by atoms with E-state index in [0.29, 0.717) is 17.6 Å². The molecule has 0 saturated heterocycles. The zero-order chi connectivity index (χ0) is 19.8. The van der Waals surface area contributed by atoms with Gasteiger partial charge in [-0.1, -0.05) is 12.8 Å². The Kier molecular flexibility index (Phi) is 4.38. The highest BCUT2D eigenvalue weighted by molar-refractivity contribution is 5.70. The number of hydrogen-bond acceptors (Lipinski definition) is 6. The molecule has 8 heteroatoms. The summed E-state index contributed by atoms with van der Waals surface area (Å²) in [5, 5.41) is 16.2. The lowest BCUT2D eigenvalue weighted by atomic mass is 10.1. The van der Waals surface area contributed by atoms with Crippen molar-refractivity contribution in [2.45, 2.75) is 31.6 Å². The highest BCUT2D eigenvalue weighted by Gasteiger charge is 2.21. The maximum atomic E-state index is 5.59. The number of nitrogens with one attached hydrogen (secondary N) is 1. The molecular weight excluding hydrogens is 366 g/mol. The van der Waals surface area contributed by atoms with Gasteiger partial charge in [-0.25, -0.2) is 9.50 Å². The van der Waals surface area contributed by atoms with E-state index in [1.54, 1.807) is 13.4 Å². The van der Waals surface area contributed by atoms with Crippen LogP contribution in [0.1, 0.15) is 37.3 Å². The van der Waals surface area contributed by atoms with Gasteiger partial charge < -0.3 is 14.6 Å². The van der Waals surface area contributed by atoms with Gasteiger partial charge in [0, 0.05) is 24.2 Å². The standard InChI is InChI=1S/C21H23N7O/c1-27-13-23-25-20(27)15-7-9-17(19(11-15)29-2)24-21-22-12-16-8-10-18(28(16)26-21)14-5-3-4-6-14/h7-14H,3-6H2,1-2H3,(H,24,26). The topological polar surface area (TPSA) is 82.2 Å². The summed E-state index contributed by atoms with van der Waals surface area (Å²) in [6.07, 6.45) is 8.59. The molecule has 0 radical (unpaired) electrons. The fourth-order valence-corrected chi connectivity index (χ4v) is 4.11. The largest absolute Gasteiger partial charge is 0.495 e. The Bertz CT molecular complexity index is 1160. The maximum Gasteiger partial charge on any atom is 0.245 e. The fourth-order valence-electron chi connectivity index (χ4n) is 4.11. The molecule has 3 aromatic heterocycles. The summed E-state index contributed by atoms with van der Waals surface area (Å²) in [5.74, 6) is 2.59. The molecule has 1 N–H and O–H groups in total. The first-order valence-electron chi connectivity index (χ1n) is 9.87. The van der Waals surface area contributed by atoms with Crippen molar-refractivity contribution in [3.05, 3.63) is 48.5 Å². The molecule has 0 amide bonds. The summed E-state index contributed by atoms with van der Waals surface area (Å²) in [7, 11) is 3.56. The summed E-state index contributed by atoms with van der Waals surface area (Å²) in [5.41, 5.74) is 4.01. The Morgan fingerprint density at radius 1 is 1.14 bits per heavy atom. The van der Waals surface area contributed by atoms with E-state index in [2.05, 4.69) is 32.6 Å². The summed E-state index contributed by atoms with van der Waals surface area (Å²) in [4.78, 5) is 4.48. The lowest BCUT2D eigenvalue weighted by Gasteiger charge is -2.13. The molecule has 0 aliphatic heterocycles. The number of anilines is 2. The van der Waals surface area contributed by atoms with Gasteiger partial charge in [-0.3, -0.25) is 0 Å². The zero-order valence-corrected chi connectivity index (χ0v) is 16.5. The van der Waals surface area contributed by atoms with Gasteiger partial charge in [0.05, 0.1) is 24.5 Å². The first kappa shape index (κ1) is 17.7. The minimum atomic E-state index is 0.539. The number of rotatable bonds is 5. The quantitative estimate of drug-likeness (QED) is 0.557. The first-order valence-corrected chi connectivity index (χ1v) is 9.87. The Labute approximate surface area is 168 Å². The Hall–Kier alpha value is -3.42. The van der Waals surface area contributed by atoms with Gasteiger partial charge >= 0.3 is 0 Å². The van der Waals surface area contributed by atoms with Gasteiger partial charge in [-0.2, -0.15) is 0 Å². The van der Waals surface area contributed by atoms with Crippen LogP contribution in [0.5, 0.6) is 5.75 Å². The second kappa shape index (κ2) is 7.20. The smallest absolute Gasteiger partial charge is 0.245 e. The normalized spacial score (nSPS) is 14.6. The molecule has 0 unspecified atom stereocenters. The summed E-state index contributed by atoms with van der Waals surface area (Å²) >= 11 is 0. The average Bonchev–Trinajstić information content (AvgIpc) is 3.48. The van der Waals surface area contributed by atoms with Crippen molar-refractivity contribution in [3.8, 4) is 17.1 Å². The molecule has 1 fully saturated rings. The highest BCUT2D eigenvalue weighted by atomic mass is 16.5. The van der Waals surface area contributed by atoms with Crippen LogP contribution in [0.2, 0.25) is 0 Å². The lowest BCUT2D eigenvalue weighted by molar-refractivity contribution is 0.417. The van der Waals surface area contributed by atoms with Crippen molar-refractivity contribution in [2.24, 2.45) is 7.05 Å². The molecule has 4 aromatic rings. The van der Waals surface area contributed by atoms with E-state index in [-0.39, 0.29) is 0 Å². The molecule has 0 atom stereocenters. The Morgan fingerprint density at radius 2 is 2.00 bits per heavy atom. The van der Waals surface area contributed by atoms with E-state index in [1.807, 2.05) is 40.5 Å². The van der Waals surface area contributed by atoms with E-state index < -0.39 is 0 Å². The highest BCUT2D eigenvalue weighted by Crippen LogP contribution is 2.35. The van der Waals surface area contributed by atoms with Gasteiger partial charge in [0.1, 0.15) is 12.1 Å². The van der Waals surface area contributed by atoms with Crippen LogP contribution < -0.4 is 10.1 Å². The number of hydrogen-bond donors (Lipinski definition) is 1. The Balaban J connectivity index is 1.47. The molecular formula is C21H23N7O. The molecule has 8 nitrogen and oxygen atoms in total. The second-order valence-electron chi connectivity index (χ2n) is 7.46. The summed E-state index contributed by atoms with van der Waals surface area (Å²) in [6, 6.07) is 10.1. The third-order valence-corrected chi connectivity index (χ3v) is 5.62. The van der Waals surface area contributed by atoms with E-state index in [4.69, 9.17) is 9.84 Å². The number of fused-ring (bicyclic) bond motifs is 1. The van der Waals surface area contributed by atoms with Gasteiger partial charge in [-0.15, -0.1) is 15.3 Å². The fraction of sp³-hybridized carbons (Fsp3) is 0.333. The lowest BCUT2D eigenvalue weighted by Crippen LogP contribution is -2.06. The molecule has 5 rings (SSSR count). The monoisotopic (exact) mass is 389 g/mol. The van der Waals surface area contributed by atoms with Gasteiger partial charge in [-0.05, 0) is 43.2 Å². The molecule has 148 valence electrons. The average molecular weight is 389 g/mol. The zero-order valence-electron chi connectivity index (χ0n) is 16.5. The van der Waals surface area contributed by atoms with Crippen LogP contribution in [0, 0.1) is 0 Å². The van der Waals surface area contributed by atoms with Crippen molar-refractivity contribution in [1.29, 1.82) is 0 Å².